The van der Waals surface area contributed by atoms with E-state index in [2.05, 4.69) is 198 Å². The lowest BCUT2D eigenvalue weighted by molar-refractivity contribution is -0.161. The van der Waals surface area contributed by atoms with Crippen molar-refractivity contribution in [3.8, 4) is 0 Å². The fourth-order valence-electron chi connectivity index (χ4n) is 10.5. The van der Waals surface area contributed by atoms with Gasteiger partial charge >= 0.3 is 39.5 Å². The van der Waals surface area contributed by atoms with E-state index in [0.29, 0.717) is 25.7 Å². The first-order chi connectivity index (χ1) is 52.7. The SMILES string of the molecule is CC/C=C\C/C=C\C/C=C\C/C=C\CCCCCCCCC(=O)OCC(COP(=O)(O)OCC(O)COP(=O)(O)OCC(COC(=O)CCCCCC/C=C\C/C=C\C/C=C\C/C=C\CC)OC(=O)CCCCCCC/C=C\C/C=C\CCC)OC(=O)CCCCCCCC/C=C\C/C=C\C/C=C\C/C=C\CC. The monoisotopic (exact) mass is 1550 g/mol. The molecule has 0 aromatic carbocycles. The Morgan fingerprint density at radius 1 is 0.269 bits per heavy atom. The Bertz CT molecular complexity index is 2710. The molecule has 0 bridgehead atoms. The van der Waals surface area contributed by atoms with Crippen LogP contribution in [0.1, 0.15) is 310 Å². The van der Waals surface area contributed by atoms with Gasteiger partial charge in [0, 0.05) is 25.7 Å². The van der Waals surface area contributed by atoms with E-state index in [4.69, 9.17) is 37.0 Å². The van der Waals surface area contributed by atoms with Crippen LogP contribution in [0.25, 0.3) is 0 Å². The maximum atomic E-state index is 13.1. The van der Waals surface area contributed by atoms with Gasteiger partial charge in [-0.25, -0.2) is 9.13 Å². The molecule has 0 aromatic rings. The fraction of sp³-hybridized carbons (Fsp3) is 0.640. The van der Waals surface area contributed by atoms with Crippen LogP contribution in [0.2, 0.25) is 0 Å². The third-order valence-electron chi connectivity index (χ3n) is 16.6. The molecule has 0 heterocycles. The number of aliphatic hydroxyl groups excluding tert-OH is 1. The summed E-state index contributed by atoms with van der Waals surface area (Å²) in [5.74, 6) is -2.25. The molecule has 0 radical (unpaired) electrons. The van der Waals surface area contributed by atoms with Crippen molar-refractivity contribution < 1.29 is 80.2 Å². The standard InChI is InChI=1S/C89H146O17P2/c1-5-9-13-17-21-25-29-33-36-39-41-44-47-51-54-58-62-66-70-74-87(92)100-80-85(106-89(94)76-72-68-64-60-56-52-48-45-42-40-37-34-30-26-22-18-14-10-6-2)82-104-108(97,98)102-78-83(90)77-101-107(95,96)103-81-84(105-88(93)75-71-67-63-59-55-49-32-28-24-20-16-12-8-4)79-99-86(91)73-69-65-61-57-53-50-46-43-38-35-31-27-23-19-15-11-7-3/h9-11,13-16,20-23,25-28,32-38,41-42,44-46,50,83-85,90H,5-8,12,17-19,24,29-31,39-40,43,47-49,51-82H2,1-4H3,(H,95,96)(H,97,98)/b13-9-,14-10-,15-11-,20-16-,25-21-,26-22-,27-23-,32-28-,36-33-,37-34-,38-35-,44-41-,45-42-,50-46-. The number of rotatable bonds is 76. The molecule has 0 aliphatic heterocycles. The molecule has 0 amide bonds. The minimum Gasteiger partial charge on any atom is -0.462 e. The smallest absolute Gasteiger partial charge is 0.462 e. The van der Waals surface area contributed by atoms with Crippen molar-refractivity contribution in [2.75, 3.05) is 39.6 Å². The van der Waals surface area contributed by atoms with Gasteiger partial charge in [-0.2, -0.15) is 0 Å². The van der Waals surface area contributed by atoms with Gasteiger partial charge in [-0.3, -0.25) is 37.3 Å². The number of allylic oxidation sites excluding steroid dienone is 28. The molecule has 0 aliphatic carbocycles. The van der Waals surface area contributed by atoms with E-state index in [1.54, 1.807) is 0 Å². The molecule has 0 spiro atoms. The molecule has 0 aromatic heterocycles. The van der Waals surface area contributed by atoms with Gasteiger partial charge in [0.05, 0.1) is 26.4 Å². The number of esters is 4. The summed E-state index contributed by atoms with van der Waals surface area (Å²) in [6.45, 7) is 4.40. The van der Waals surface area contributed by atoms with Crippen LogP contribution in [0.3, 0.4) is 0 Å². The number of hydrogen-bond donors (Lipinski definition) is 3. The molecule has 0 saturated heterocycles. The van der Waals surface area contributed by atoms with Crippen LogP contribution in [0, 0.1) is 0 Å². The van der Waals surface area contributed by atoms with E-state index in [0.717, 1.165) is 231 Å². The number of aliphatic hydroxyl groups is 1. The Morgan fingerprint density at radius 2 is 0.481 bits per heavy atom. The topological polar surface area (TPSA) is 237 Å². The van der Waals surface area contributed by atoms with Crippen LogP contribution >= 0.6 is 15.6 Å². The molecule has 614 valence electrons. The maximum Gasteiger partial charge on any atom is 0.472 e. The number of ether oxygens (including phenoxy) is 4. The normalized spacial score (nSPS) is 14.7. The second kappa shape index (κ2) is 79.5. The predicted molar refractivity (Wildman–Crippen MR) is 445 cm³/mol. The minimum atomic E-state index is -5.00. The van der Waals surface area contributed by atoms with Crippen LogP contribution in [-0.2, 0) is 65.4 Å². The van der Waals surface area contributed by atoms with Crippen LogP contribution in [0.15, 0.2) is 170 Å². The van der Waals surface area contributed by atoms with Crippen molar-refractivity contribution in [3.63, 3.8) is 0 Å². The first-order valence-corrected chi connectivity index (χ1v) is 44.4. The zero-order valence-corrected chi connectivity index (χ0v) is 69.0. The molecular formula is C89H146O17P2. The van der Waals surface area contributed by atoms with Gasteiger partial charge in [-0.1, -0.05) is 288 Å². The molecule has 3 N–H and O–H groups in total. The Morgan fingerprint density at radius 3 is 0.741 bits per heavy atom. The second-order valence-corrected chi connectivity index (χ2v) is 29.8. The van der Waals surface area contributed by atoms with Crippen molar-refractivity contribution in [1.29, 1.82) is 0 Å². The van der Waals surface area contributed by atoms with Gasteiger partial charge < -0.3 is 33.8 Å². The van der Waals surface area contributed by atoms with E-state index in [9.17, 15) is 43.2 Å². The molecule has 17 nitrogen and oxygen atoms in total. The average Bonchev–Trinajstić information content (AvgIpc) is 0.892. The minimum absolute atomic E-state index is 0.0674. The summed E-state index contributed by atoms with van der Waals surface area (Å²) >= 11 is 0. The van der Waals surface area contributed by atoms with Crippen LogP contribution in [0.5, 0.6) is 0 Å². The zero-order valence-electron chi connectivity index (χ0n) is 67.2. The zero-order chi connectivity index (χ0) is 78.9. The van der Waals surface area contributed by atoms with Crippen LogP contribution in [0.4, 0.5) is 0 Å². The van der Waals surface area contributed by atoms with Crippen molar-refractivity contribution in [3.05, 3.63) is 170 Å². The summed E-state index contributed by atoms with van der Waals surface area (Å²) in [5.41, 5.74) is 0. The fourth-order valence-corrected chi connectivity index (χ4v) is 12.0. The largest absolute Gasteiger partial charge is 0.472 e. The molecule has 0 rings (SSSR count). The van der Waals surface area contributed by atoms with E-state index in [-0.39, 0.29) is 25.7 Å². The number of hydrogen-bond acceptors (Lipinski definition) is 15. The predicted octanol–water partition coefficient (Wildman–Crippen LogP) is 24.6. The second-order valence-electron chi connectivity index (χ2n) is 26.9. The summed E-state index contributed by atoms with van der Waals surface area (Å²) in [6, 6.07) is 0. The summed E-state index contributed by atoms with van der Waals surface area (Å²) < 4.78 is 68.7. The van der Waals surface area contributed by atoms with Crippen LogP contribution < -0.4 is 0 Å². The highest BCUT2D eigenvalue weighted by atomic mass is 31.2. The van der Waals surface area contributed by atoms with Gasteiger partial charge in [0.15, 0.2) is 12.2 Å². The average molecular weight is 1550 g/mol. The quantitative estimate of drug-likeness (QED) is 0.0169. The maximum absolute atomic E-state index is 13.1. The van der Waals surface area contributed by atoms with Gasteiger partial charge in [-0.15, -0.1) is 0 Å². The summed E-state index contributed by atoms with van der Waals surface area (Å²) in [4.78, 5) is 73.2. The highest BCUT2D eigenvalue weighted by molar-refractivity contribution is 7.47. The lowest BCUT2D eigenvalue weighted by Gasteiger charge is -2.21. The number of carbonyl (C=O) groups is 4. The third kappa shape index (κ3) is 78.5. The van der Waals surface area contributed by atoms with E-state index in [1.165, 1.54) is 0 Å². The van der Waals surface area contributed by atoms with Gasteiger partial charge in [-0.05, 0) is 167 Å². The van der Waals surface area contributed by atoms with E-state index >= 15 is 0 Å². The van der Waals surface area contributed by atoms with Crippen molar-refractivity contribution in [2.45, 2.75) is 329 Å². The van der Waals surface area contributed by atoms with Crippen molar-refractivity contribution >= 4 is 39.5 Å². The van der Waals surface area contributed by atoms with E-state index < -0.39 is 97.5 Å². The first-order valence-electron chi connectivity index (χ1n) is 41.4. The summed E-state index contributed by atoms with van der Waals surface area (Å²) in [5, 5.41) is 10.7. The van der Waals surface area contributed by atoms with Gasteiger partial charge in [0.25, 0.3) is 0 Å². The molecule has 5 unspecified atom stereocenters. The summed E-state index contributed by atoms with van der Waals surface area (Å²) in [6.07, 6.45) is 94.6. The van der Waals surface area contributed by atoms with E-state index in [1.807, 2.05) is 0 Å². The Labute approximate surface area is 654 Å². The number of unbranched alkanes of at least 4 members (excludes halogenated alkanes) is 22. The number of carbonyl (C=O) groups excluding carboxylic acids is 4. The molecule has 5 atom stereocenters. The lowest BCUT2D eigenvalue weighted by atomic mass is 10.1. The summed E-state index contributed by atoms with van der Waals surface area (Å²) in [7, 11) is -10.00. The molecule has 0 aliphatic rings. The van der Waals surface area contributed by atoms with Crippen LogP contribution in [-0.4, -0.2) is 96.7 Å². The lowest BCUT2D eigenvalue weighted by Crippen LogP contribution is -2.30. The molecule has 108 heavy (non-hydrogen) atoms. The van der Waals surface area contributed by atoms with Gasteiger partial charge in [0.1, 0.15) is 19.3 Å². The first kappa shape index (κ1) is 102. The van der Waals surface area contributed by atoms with Gasteiger partial charge in [0.2, 0.25) is 0 Å². The Balaban J connectivity index is 5.43. The number of phosphoric ester groups is 2. The molecule has 19 heteroatoms. The Kier molecular flexibility index (Phi) is 75.4. The third-order valence-corrected chi connectivity index (χ3v) is 18.5. The highest BCUT2D eigenvalue weighted by Crippen LogP contribution is 2.45. The number of phosphoric acid groups is 2. The molecule has 0 saturated carbocycles. The Hall–Kier alpha value is -5.58. The molecule has 0 fully saturated rings. The van der Waals surface area contributed by atoms with Crippen molar-refractivity contribution in [2.24, 2.45) is 0 Å². The van der Waals surface area contributed by atoms with Crippen molar-refractivity contribution in [1.82, 2.24) is 0 Å². The highest BCUT2D eigenvalue weighted by Gasteiger charge is 2.30. The molecular weight excluding hydrogens is 1400 g/mol.